The van der Waals surface area contributed by atoms with Crippen LogP contribution >= 0.6 is 0 Å². The Morgan fingerprint density at radius 3 is 2.54 bits per heavy atom. The molecule has 1 aliphatic rings. The lowest BCUT2D eigenvalue weighted by molar-refractivity contribution is -0.137. The lowest BCUT2D eigenvalue weighted by atomic mass is 9.98. The van der Waals surface area contributed by atoms with Gasteiger partial charge in [0.15, 0.2) is 0 Å². The fourth-order valence-corrected chi connectivity index (χ4v) is 2.79. The molecule has 0 bridgehead atoms. The van der Waals surface area contributed by atoms with Crippen molar-refractivity contribution in [2.45, 2.75) is 38.8 Å². The van der Waals surface area contributed by atoms with Gasteiger partial charge in [0.25, 0.3) is 5.91 Å². The zero-order valence-corrected chi connectivity index (χ0v) is 15.5. The van der Waals surface area contributed by atoms with E-state index < -0.39 is 17.6 Å². The lowest BCUT2D eigenvalue weighted by Gasteiger charge is -2.15. The van der Waals surface area contributed by atoms with E-state index in [2.05, 4.69) is 15.6 Å². The third-order valence-electron chi connectivity index (χ3n) is 4.61. The van der Waals surface area contributed by atoms with E-state index in [0.29, 0.717) is 24.1 Å². The molecule has 1 heterocycles. The van der Waals surface area contributed by atoms with Crippen molar-refractivity contribution in [3.05, 3.63) is 53.0 Å². The van der Waals surface area contributed by atoms with Gasteiger partial charge in [-0.15, -0.1) is 0 Å². The van der Waals surface area contributed by atoms with E-state index in [4.69, 9.17) is 0 Å². The molecule has 0 aliphatic heterocycles. The molecule has 1 amide bonds. The number of nitrogens with zero attached hydrogens (tertiary/aromatic N) is 1. The van der Waals surface area contributed by atoms with Gasteiger partial charge in [0, 0.05) is 12.7 Å². The molecule has 2 N–H and O–H groups in total. The summed E-state index contributed by atoms with van der Waals surface area (Å²) in [7, 11) is 0. The zero-order chi connectivity index (χ0) is 20.5. The van der Waals surface area contributed by atoms with Crippen molar-refractivity contribution in [3.63, 3.8) is 0 Å². The second-order valence-electron chi connectivity index (χ2n) is 7.28. The number of rotatable bonds is 6. The number of nitrogens with one attached hydrogen (secondary N) is 2. The van der Waals surface area contributed by atoms with Crippen LogP contribution in [0.25, 0.3) is 0 Å². The predicted octanol–water partition coefficient (Wildman–Crippen LogP) is 5.25. The van der Waals surface area contributed by atoms with Gasteiger partial charge in [-0.25, -0.2) is 9.37 Å². The maximum absolute atomic E-state index is 14.1. The molecule has 0 unspecified atom stereocenters. The standard InChI is InChI=1S/C20H21F4N3O/c1-11(2)14-8-18(25-10-15(14)19(28)26-9-12-3-4-12)27-17-6-5-13(7-16(17)21)20(22,23)24/h5-8,10-12H,3-4,9H2,1-2H3,(H,25,27)(H,26,28). The fraction of sp³-hybridized carbons (Fsp3) is 0.400. The number of aromatic nitrogens is 1. The summed E-state index contributed by atoms with van der Waals surface area (Å²) in [6.07, 6.45) is -0.964. The molecule has 0 spiro atoms. The Bertz CT molecular complexity index is 876. The molecular formula is C20H21F4N3O. The van der Waals surface area contributed by atoms with Crippen LogP contribution in [0.4, 0.5) is 29.1 Å². The molecule has 0 saturated heterocycles. The molecule has 1 saturated carbocycles. The number of carbonyl (C=O) groups is 1. The third-order valence-corrected chi connectivity index (χ3v) is 4.61. The molecule has 1 aliphatic carbocycles. The molecule has 8 heteroatoms. The van der Waals surface area contributed by atoms with Gasteiger partial charge in [-0.2, -0.15) is 13.2 Å². The molecule has 4 nitrogen and oxygen atoms in total. The number of halogens is 4. The first-order chi connectivity index (χ1) is 13.1. The van der Waals surface area contributed by atoms with E-state index in [1.54, 1.807) is 6.07 Å². The van der Waals surface area contributed by atoms with Gasteiger partial charge in [-0.3, -0.25) is 4.79 Å². The van der Waals surface area contributed by atoms with Gasteiger partial charge < -0.3 is 10.6 Å². The first-order valence-electron chi connectivity index (χ1n) is 9.07. The summed E-state index contributed by atoms with van der Waals surface area (Å²) in [5.41, 5.74) is -0.0255. The Morgan fingerprint density at radius 2 is 1.96 bits per heavy atom. The Labute approximate surface area is 160 Å². The van der Waals surface area contributed by atoms with E-state index in [9.17, 15) is 22.4 Å². The Hall–Kier alpha value is -2.64. The number of alkyl halides is 3. The van der Waals surface area contributed by atoms with Gasteiger partial charge >= 0.3 is 6.18 Å². The van der Waals surface area contributed by atoms with Gasteiger partial charge in [-0.05, 0) is 54.5 Å². The molecule has 0 radical (unpaired) electrons. The molecular weight excluding hydrogens is 374 g/mol. The van der Waals surface area contributed by atoms with Crippen LogP contribution in [0.2, 0.25) is 0 Å². The highest BCUT2D eigenvalue weighted by Gasteiger charge is 2.31. The van der Waals surface area contributed by atoms with Crippen molar-refractivity contribution in [1.82, 2.24) is 10.3 Å². The third kappa shape index (κ3) is 4.79. The predicted molar refractivity (Wildman–Crippen MR) is 98.1 cm³/mol. The van der Waals surface area contributed by atoms with Crippen molar-refractivity contribution in [2.24, 2.45) is 5.92 Å². The van der Waals surface area contributed by atoms with Crippen LogP contribution in [0.1, 0.15) is 54.1 Å². The first-order valence-corrected chi connectivity index (χ1v) is 9.07. The normalized spacial score (nSPS) is 14.2. The maximum Gasteiger partial charge on any atom is 0.416 e. The number of pyridine rings is 1. The number of hydrogen-bond acceptors (Lipinski definition) is 3. The highest BCUT2D eigenvalue weighted by Crippen LogP contribution is 2.32. The van der Waals surface area contributed by atoms with Gasteiger partial charge in [0.05, 0.1) is 16.8 Å². The van der Waals surface area contributed by atoms with Crippen LogP contribution in [0, 0.1) is 11.7 Å². The van der Waals surface area contributed by atoms with Crippen LogP contribution in [0.3, 0.4) is 0 Å². The number of anilines is 2. The monoisotopic (exact) mass is 395 g/mol. The van der Waals surface area contributed by atoms with Crippen molar-refractivity contribution >= 4 is 17.4 Å². The van der Waals surface area contributed by atoms with Gasteiger partial charge in [0.1, 0.15) is 11.6 Å². The molecule has 1 aromatic carbocycles. The highest BCUT2D eigenvalue weighted by molar-refractivity contribution is 5.96. The minimum absolute atomic E-state index is 0.00248. The van der Waals surface area contributed by atoms with E-state index in [-0.39, 0.29) is 23.3 Å². The van der Waals surface area contributed by atoms with Gasteiger partial charge in [0.2, 0.25) is 0 Å². The number of benzene rings is 1. The lowest BCUT2D eigenvalue weighted by Crippen LogP contribution is -2.27. The number of hydrogen-bond donors (Lipinski definition) is 2. The van der Waals surface area contributed by atoms with E-state index >= 15 is 0 Å². The molecule has 28 heavy (non-hydrogen) atoms. The second kappa shape index (κ2) is 7.77. The molecule has 2 aromatic rings. The summed E-state index contributed by atoms with van der Waals surface area (Å²) in [4.78, 5) is 16.6. The summed E-state index contributed by atoms with van der Waals surface area (Å²) in [5.74, 6) is -0.448. The van der Waals surface area contributed by atoms with E-state index in [1.165, 1.54) is 6.20 Å². The average molecular weight is 395 g/mol. The van der Waals surface area contributed by atoms with E-state index in [0.717, 1.165) is 30.5 Å². The van der Waals surface area contributed by atoms with Crippen LogP contribution in [-0.4, -0.2) is 17.4 Å². The van der Waals surface area contributed by atoms with Crippen molar-refractivity contribution in [3.8, 4) is 0 Å². The average Bonchev–Trinajstić information content (AvgIpc) is 3.45. The summed E-state index contributed by atoms with van der Waals surface area (Å²) < 4.78 is 52.1. The SMILES string of the molecule is CC(C)c1cc(Nc2ccc(C(F)(F)F)cc2F)ncc1C(=O)NCC1CC1. The number of amides is 1. The minimum Gasteiger partial charge on any atom is -0.352 e. The van der Waals surface area contributed by atoms with Crippen molar-refractivity contribution in [1.29, 1.82) is 0 Å². The quantitative estimate of drug-likeness (QED) is 0.657. The molecule has 1 fully saturated rings. The summed E-state index contributed by atoms with van der Waals surface area (Å²) in [6.45, 7) is 4.46. The largest absolute Gasteiger partial charge is 0.416 e. The zero-order valence-electron chi connectivity index (χ0n) is 15.5. The topological polar surface area (TPSA) is 54.0 Å². The minimum atomic E-state index is -4.61. The van der Waals surface area contributed by atoms with Gasteiger partial charge in [-0.1, -0.05) is 13.8 Å². The highest BCUT2D eigenvalue weighted by atomic mass is 19.4. The summed E-state index contributed by atoms with van der Waals surface area (Å²) in [6, 6.07) is 3.87. The maximum atomic E-state index is 14.1. The first kappa shape index (κ1) is 20.1. The second-order valence-corrected chi connectivity index (χ2v) is 7.28. The Kier molecular flexibility index (Phi) is 5.58. The Balaban J connectivity index is 1.81. The molecule has 150 valence electrons. The van der Waals surface area contributed by atoms with Crippen LogP contribution in [0.15, 0.2) is 30.5 Å². The molecule has 1 aromatic heterocycles. The molecule has 3 rings (SSSR count). The van der Waals surface area contributed by atoms with E-state index in [1.807, 2.05) is 13.8 Å². The molecule has 0 atom stereocenters. The van der Waals surface area contributed by atoms with Crippen LogP contribution in [0.5, 0.6) is 0 Å². The van der Waals surface area contributed by atoms with Crippen LogP contribution in [-0.2, 0) is 6.18 Å². The van der Waals surface area contributed by atoms with Crippen LogP contribution < -0.4 is 10.6 Å². The fourth-order valence-electron chi connectivity index (χ4n) is 2.79. The summed E-state index contributed by atoms with van der Waals surface area (Å²) in [5, 5.41) is 5.58. The van der Waals surface area contributed by atoms with Crippen molar-refractivity contribution in [2.75, 3.05) is 11.9 Å². The van der Waals surface area contributed by atoms with Crippen molar-refractivity contribution < 1.29 is 22.4 Å². The summed E-state index contributed by atoms with van der Waals surface area (Å²) >= 11 is 0. The smallest absolute Gasteiger partial charge is 0.352 e. The Morgan fingerprint density at radius 1 is 1.25 bits per heavy atom. The number of carbonyl (C=O) groups excluding carboxylic acids is 1.